The molecule has 1 aromatic heterocycles. The van der Waals surface area contributed by atoms with E-state index >= 15 is 0 Å². The Morgan fingerprint density at radius 3 is 2.83 bits per heavy atom. The van der Waals surface area contributed by atoms with Crippen LogP contribution in [0.4, 0.5) is 4.39 Å². The van der Waals surface area contributed by atoms with Crippen molar-refractivity contribution in [3.63, 3.8) is 0 Å². The minimum Gasteiger partial charge on any atom is -0.329 e. The number of nitrogens with one attached hydrogen (secondary N) is 1. The normalized spacial score (nSPS) is 13.5. The molecule has 1 heterocycles. The second kappa shape index (κ2) is 6.77. The molecule has 102 valence electrons. The van der Waals surface area contributed by atoms with Crippen LogP contribution in [0, 0.1) is 5.82 Å². The third-order valence-corrected chi connectivity index (χ3v) is 3.94. The molecule has 7 heteroatoms. The highest BCUT2D eigenvalue weighted by Crippen LogP contribution is 2.11. The molecule has 0 radical (unpaired) electrons. The highest BCUT2D eigenvalue weighted by atomic mass is 32.2. The summed E-state index contributed by atoms with van der Waals surface area (Å²) in [7, 11) is -3.95. The Labute approximate surface area is 107 Å². The lowest BCUT2D eigenvalue weighted by Gasteiger charge is -2.16. The number of sulfonamides is 1. The molecule has 1 unspecified atom stereocenters. The molecule has 0 bridgehead atoms. The van der Waals surface area contributed by atoms with Crippen LogP contribution in [-0.2, 0) is 10.0 Å². The van der Waals surface area contributed by atoms with Gasteiger partial charge in [0.2, 0.25) is 5.03 Å². The largest absolute Gasteiger partial charge is 0.329 e. The van der Waals surface area contributed by atoms with E-state index in [-0.39, 0.29) is 6.54 Å². The molecular formula is C11H18FN3O2S. The van der Waals surface area contributed by atoms with Gasteiger partial charge in [-0.05, 0) is 18.6 Å². The Morgan fingerprint density at radius 2 is 2.28 bits per heavy atom. The Balaban J connectivity index is 2.84. The summed E-state index contributed by atoms with van der Waals surface area (Å²) in [5.41, 5.74) is 5.50. The predicted octanol–water partition coefficient (Wildman–Crippen LogP) is 1.02. The number of hydrogen-bond donors (Lipinski definition) is 2. The zero-order valence-corrected chi connectivity index (χ0v) is 11.1. The number of unbranched alkanes of at least 4 members (excludes halogenated alkanes) is 1. The van der Waals surface area contributed by atoms with Crippen LogP contribution in [-0.4, -0.2) is 26.0 Å². The molecule has 0 saturated carbocycles. The summed E-state index contributed by atoms with van der Waals surface area (Å²) in [6.45, 7) is 2.17. The third-order valence-electron chi connectivity index (χ3n) is 2.49. The van der Waals surface area contributed by atoms with Gasteiger partial charge in [-0.3, -0.25) is 0 Å². The van der Waals surface area contributed by atoms with Gasteiger partial charge in [-0.2, -0.15) is 0 Å². The van der Waals surface area contributed by atoms with Gasteiger partial charge in [0.05, 0.1) is 0 Å². The van der Waals surface area contributed by atoms with Crippen LogP contribution < -0.4 is 10.5 Å². The first kappa shape index (κ1) is 15.0. The van der Waals surface area contributed by atoms with E-state index in [4.69, 9.17) is 5.73 Å². The second-order valence-electron chi connectivity index (χ2n) is 3.99. The monoisotopic (exact) mass is 275 g/mol. The van der Waals surface area contributed by atoms with E-state index in [1.54, 1.807) is 0 Å². The van der Waals surface area contributed by atoms with Crippen LogP contribution in [0.5, 0.6) is 0 Å². The third kappa shape index (κ3) is 4.01. The molecule has 3 N–H and O–H groups in total. The molecule has 0 amide bonds. The fourth-order valence-electron chi connectivity index (χ4n) is 1.52. The van der Waals surface area contributed by atoms with Crippen LogP contribution in [0.1, 0.15) is 26.2 Å². The summed E-state index contributed by atoms with van der Waals surface area (Å²) in [4.78, 5) is 3.55. The molecule has 0 fully saturated rings. The lowest BCUT2D eigenvalue weighted by molar-refractivity contribution is 0.504. The van der Waals surface area contributed by atoms with Gasteiger partial charge >= 0.3 is 0 Å². The molecule has 5 nitrogen and oxygen atoms in total. The van der Waals surface area contributed by atoms with Crippen molar-refractivity contribution >= 4 is 10.0 Å². The molecule has 1 atom stereocenters. The fraction of sp³-hybridized carbons (Fsp3) is 0.545. The van der Waals surface area contributed by atoms with Gasteiger partial charge in [0.15, 0.2) is 5.82 Å². The quantitative estimate of drug-likeness (QED) is 0.778. The van der Waals surface area contributed by atoms with Gasteiger partial charge in [0.25, 0.3) is 10.0 Å². The van der Waals surface area contributed by atoms with Crippen molar-refractivity contribution in [3.8, 4) is 0 Å². The number of rotatable bonds is 7. The van der Waals surface area contributed by atoms with Gasteiger partial charge in [-0.25, -0.2) is 22.5 Å². The minimum absolute atomic E-state index is 0.174. The second-order valence-corrected chi connectivity index (χ2v) is 5.62. The van der Waals surface area contributed by atoms with Gasteiger partial charge < -0.3 is 5.73 Å². The molecule has 0 spiro atoms. The Bertz CT molecular complexity index is 479. The molecular weight excluding hydrogens is 257 g/mol. The number of nitrogens with two attached hydrogens (primary N) is 1. The first-order valence-electron chi connectivity index (χ1n) is 5.84. The molecule has 0 aliphatic carbocycles. The van der Waals surface area contributed by atoms with E-state index in [2.05, 4.69) is 9.71 Å². The van der Waals surface area contributed by atoms with Crippen molar-refractivity contribution in [2.24, 2.45) is 5.73 Å². The first-order valence-corrected chi connectivity index (χ1v) is 7.32. The summed E-state index contributed by atoms with van der Waals surface area (Å²) >= 11 is 0. The standard InChI is InChI=1S/C11H18FN3O2S/c1-2-3-5-9(8-13)15-18(16,17)11-10(12)6-4-7-14-11/h4,6-7,9,15H,2-3,5,8,13H2,1H3. The van der Waals surface area contributed by atoms with Crippen LogP contribution in [0.15, 0.2) is 23.4 Å². The van der Waals surface area contributed by atoms with Crippen molar-refractivity contribution in [2.45, 2.75) is 37.3 Å². The molecule has 0 aliphatic rings. The SMILES string of the molecule is CCCCC(CN)NS(=O)(=O)c1ncccc1F. The molecule has 0 saturated heterocycles. The van der Waals surface area contributed by atoms with Crippen molar-refractivity contribution in [2.75, 3.05) is 6.54 Å². The van der Waals surface area contributed by atoms with E-state index in [0.717, 1.165) is 18.9 Å². The molecule has 0 aliphatic heterocycles. The van der Waals surface area contributed by atoms with Crippen molar-refractivity contribution < 1.29 is 12.8 Å². The zero-order chi connectivity index (χ0) is 13.6. The number of pyridine rings is 1. The van der Waals surface area contributed by atoms with E-state index in [1.165, 1.54) is 12.3 Å². The van der Waals surface area contributed by atoms with Crippen molar-refractivity contribution in [3.05, 3.63) is 24.1 Å². The average Bonchev–Trinajstić information content (AvgIpc) is 2.34. The smallest absolute Gasteiger partial charge is 0.261 e. The maximum absolute atomic E-state index is 13.4. The predicted molar refractivity (Wildman–Crippen MR) is 66.9 cm³/mol. The molecule has 0 aromatic carbocycles. The summed E-state index contributed by atoms with van der Waals surface area (Å²) < 4.78 is 39.6. The van der Waals surface area contributed by atoms with Gasteiger partial charge in [0.1, 0.15) is 0 Å². The van der Waals surface area contributed by atoms with Crippen LogP contribution in [0.3, 0.4) is 0 Å². The van der Waals surface area contributed by atoms with Crippen LogP contribution >= 0.6 is 0 Å². The van der Waals surface area contributed by atoms with E-state index in [1.807, 2.05) is 6.92 Å². The number of hydrogen-bond acceptors (Lipinski definition) is 4. The Kier molecular flexibility index (Phi) is 5.64. The van der Waals surface area contributed by atoms with Gasteiger partial charge in [0, 0.05) is 18.8 Å². The first-order chi connectivity index (χ1) is 8.51. The molecule has 1 rings (SSSR count). The lowest BCUT2D eigenvalue weighted by Crippen LogP contribution is -2.40. The van der Waals surface area contributed by atoms with Gasteiger partial charge in [-0.1, -0.05) is 19.8 Å². The number of nitrogens with zero attached hydrogens (tertiary/aromatic N) is 1. The Morgan fingerprint density at radius 1 is 1.56 bits per heavy atom. The number of halogens is 1. The minimum atomic E-state index is -3.95. The lowest BCUT2D eigenvalue weighted by atomic mass is 10.1. The van der Waals surface area contributed by atoms with Crippen LogP contribution in [0.25, 0.3) is 0 Å². The van der Waals surface area contributed by atoms with Crippen molar-refractivity contribution in [1.82, 2.24) is 9.71 Å². The Hall–Kier alpha value is -1.05. The van der Waals surface area contributed by atoms with Crippen molar-refractivity contribution in [1.29, 1.82) is 0 Å². The summed E-state index contributed by atoms with van der Waals surface area (Å²) in [6.07, 6.45) is 3.66. The van der Waals surface area contributed by atoms with E-state index < -0.39 is 26.9 Å². The fourth-order valence-corrected chi connectivity index (χ4v) is 2.81. The zero-order valence-electron chi connectivity index (χ0n) is 10.3. The van der Waals surface area contributed by atoms with Crippen LogP contribution in [0.2, 0.25) is 0 Å². The average molecular weight is 275 g/mol. The summed E-state index contributed by atoms with van der Waals surface area (Å²) in [6, 6.07) is 2.01. The van der Waals surface area contributed by atoms with E-state index in [0.29, 0.717) is 6.42 Å². The summed E-state index contributed by atoms with van der Waals surface area (Å²) in [5, 5.41) is -0.583. The van der Waals surface area contributed by atoms with Gasteiger partial charge in [-0.15, -0.1) is 0 Å². The maximum atomic E-state index is 13.4. The molecule has 18 heavy (non-hydrogen) atoms. The van der Waals surface area contributed by atoms with E-state index in [9.17, 15) is 12.8 Å². The summed E-state index contributed by atoms with van der Waals surface area (Å²) in [5.74, 6) is -0.865. The maximum Gasteiger partial charge on any atom is 0.261 e. The topological polar surface area (TPSA) is 85.1 Å². The highest BCUT2D eigenvalue weighted by Gasteiger charge is 2.23. The molecule has 1 aromatic rings. The number of aromatic nitrogens is 1. The highest BCUT2D eigenvalue weighted by molar-refractivity contribution is 7.89.